The average molecular weight is 429 g/mol. The molecular formula is C24H8B11N. The van der Waals surface area contributed by atoms with E-state index in [9.17, 15) is 0 Å². The molecule has 0 saturated heterocycles. The Labute approximate surface area is 226 Å². The summed E-state index contributed by atoms with van der Waals surface area (Å²) in [5, 5.41) is 1.61. The summed E-state index contributed by atoms with van der Waals surface area (Å²) >= 11 is 0. The first kappa shape index (κ1) is 24.4. The SMILES string of the molecule is [B]c1c([B])c([B])c(-c2nc3c(c([B])c([B])c4c([B])c([B])c([B])c([B])c43)c3c2C2CCC3C2)c([B])c1[B]. The zero-order valence-corrected chi connectivity index (χ0v) is 19.6. The normalized spacial score (nSPS) is 18.3. The molecule has 4 aromatic rings. The van der Waals surface area contributed by atoms with E-state index in [1.54, 1.807) is 0 Å². The minimum atomic E-state index is 0.135. The Hall–Kier alpha value is -1.96. The first-order valence-electron chi connectivity index (χ1n) is 11.6. The van der Waals surface area contributed by atoms with Gasteiger partial charge in [0, 0.05) is 0 Å². The molecule has 0 N–H and O–H groups in total. The van der Waals surface area contributed by atoms with Gasteiger partial charge in [0.1, 0.15) is 86.3 Å². The molecule has 2 bridgehead atoms. The lowest BCUT2D eigenvalue weighted by Gasteiger charge is -2.29. The van der Waals surface area contributed by atoms with Crippen molar-refractivity contribution in [1.29, 1.82) is 0 Å². The molecule has 1 saturated carbocycles. The van der Waals surface area contributed by atoms with Crippen LogP contribution in [0.1, 0.15) is 42.2 Å². The quantitative estimate of drug-likeness (QED) is 0.217. The van der Waals surface area contributed by atoms with Gasteiger partial charge >= 0.3 is 0 Å². The molecule has 1 aromatic heterocycles. The Morgan fingerprint density at radius 1 is 0.444 bits per heavy atom. The molecule has 142 valence electrons. The van der Waals surface area contributed by atoms with Crippen LogP contribution in [0, 0.1) is 0 Å². The minimum absolute atomic E-state index is 0.135. The van der Waals surface area contributed by atoms with Gasteiger partial charge in [0.25, 0.3) is 0 Å². The molecule has 6 rings (SSSR count). The van der Waals surface area contributed by atoms with E-state index in [0.717, 1.165) is 35.8 Å². The number of pyridine rings is 1. The highest BCUT2D eigenvalue weighted by atomic mass is 14.7. The van der Waals surface area contributed by atoms with Crippen molar-refractivity contribution in [2.24, 2.45) is 0 Å². The van der Waals surface area contributed by atoms with Crippen molar-refractivity contribution < 1.29 is 0 Å². The molecule has 2 aliphatic carbocycles. The lowest BCUT2D eigenvalue weighted by atomic mass is 9.59. The van der Waals surface area contributed by atoms with E-state index in [1.165, 1.54) is 0 Å². The zero-order chi connectivity index (χ0) is 26.0. The monoisotopic (exact) mass is 431 g/mol. The van der Waals surface area contributed by atoms with Crippen molar-refractivity contribution in [1.82, 2.24) is 4.98 Å². The van der Waals surface area contributed by atoms with Crippen LogP contribution >= 0.6 is 0 Å². The number of hydrogen-bond donors (Lipinski definition) is 0. The van der Waals surface area contributed by atoms with E-state index >= 15 is 0 Å². The van der Waals surface area contributed by atoms with E-state index < -0.39 is 0 Å². The molecular weight excluding hydrogens is 421 g/mol. The fraction of sp³-hybridized carbons (Fsp3) is 0.208. The van der Waals surface area contributed by atoms with Crippen LogP contribution in [0.25, 0.3) is 32.9 Å². The average Bonchev–Trinajstić information content (AvgIpc) is 3.48. The number of benzene rings is 3. The van der Waals surface area contributed by atoms with Gasteiger partial charge in [-0.05, 0) is 63.9 Å². The van der Waals surface area contributed by atoms with Crippen molar-refractivity contribution in [3.63, 3.8) is 0 Å². The summed E-state index contributed by atoms with van der Waals surface area (Å²) in [5.74, 6) is 0.495. The maximum Gasteiger partial charge on any atom is 0.113 e. The maximum absolute atomic E-state index is 6.67. The van der Waals surface area contributed by atoms with Crippen molar-refractivity contribution in [2.45, 2.75) is 31.1 Å². The van der Waals surface area contributed by atoms with Crippen LogP contribution in [-0.2, 0) is 0 Å². The van der Waals surface area contributed by atoms with E-state index in [-0.39, 0.29) is 66.5 Å². The maximum atomic E-state index is 6.67. The van der Waals surface area contributed by atoms with Crippen LogP contribution in [-0.4, -0.2) is 91.3 Å². The van der Waals surface area contributed by atoms with Gasteiger partial charge in [-0.2, -0.15) is 0 Å². The molecule has 36 heavy (non-hydrogen) atoms. The van der Waals surface area contributed by atoms with Crippen LogP contribution in [0.4, 0.5) is 0 Å². The topological polar surface area (TPSA) is 12.9 Å². The van der Waals surface area contributed by atoms with Crippen LogP contribution in [0.15, 0.2) is 0 Å². The second-order valence-corrected chi connectivity index (χ2v) is 9.89. The summed E-state index contributed by atoms with van der Waals surface area (Å²) in [5.41, 5.74) is 5.75. The highest BCUT2D eigenvalue weighted by Crippen LogP contribution is 2.56. The first-order chi connectivity index (χ1) is 17.0. The molecule has 0 aliphatic heterocycles. The third kappa shape index (κ3) is 2.91. The van der Waals surface area contributed by atoms with Crippen molar-refractivity contribution >= 4 is 168 Å². The third-order valence-electron chi connectivity index (χ3n) is 8.19. The first-order valence-corrected chi connectivity index (χ1v) is 11.6. The number of hydrogen-bond acceptors (Lipinski definition) is 1. The Balaban J connectivity index is 1.91. The van der Waals surface area contributed by atoms with Gasteiger partial charge < -0.3 is 0 Å². The van der Waals surface area contributed by atoms with Crippen LogP contribution in [0.3, 0.4) is 0 Å². The van der Waals surface area contributed by atoms with Gasteiger partial charge in [-0.1, -0.05) is 32.8 Å². The third-order valence-corrected chi connectivity index (χ3v) is 8.19. The molecule has 0 amide bonds. The lowest BCUT2D eigenvalue weighted by Crippen LogP contribution is -2.55. The molecule has 1 nitrogen and oxygen atoms in total. The molecule has 3 aromatic carbocycles. The van der Waals surface area contributed by atoms with E-state index in [4.69, 9.17) is 91.3 Å². The summed E-state index contributed by atoms with van der Waals surface area (Å²) in [6.45, 7) is 0. The molecule has 2 atom stereocenters. The second kappa shape index (κ2) is 8.02. The Morgan fingerprint density at radius 3 is 1.44 bits per heavy atom. The Bertz CT molecular complexity index is 1670. The van der Waals surface area contributed by atoms with Gasteiger partial charge in [0.2, 0.25) is 0 Å². The lowest BCUT2D eigenvalue weighted by molar-refractivity contribution is 0.721. The Morgan fingerprint density at radius 2 is 0.861 bits per heavy atom. The van der Waals surface area contributed by atoms with Gasteiger partial charge in [-0.3, -0.25) is 0 Å². The summed E-state index contributed by atoms with van der Waals surface area (Å²) in [6, 6.07) is 0. The van der Waals surface area contributed by atoms with Gasteiger partial charge in [0.05, 0.1) is 11.2 Å². The van der Waals surface area contributed by atoms with E-state index in [0.29, 0.717) is 33.0 Å². The molecule has 1 fully saturated rings. The highest BCUT2D eigenvalue weighted by Gasteiger charge is 2.41. The number of fused-ring (bicyclic) bond motifs is 9. The standard InChI is InChI=1S/C24H8B11N/c25-12-8-10(15(28)19(32)18(31)13(8)26)24-9(14(12)27)6-4-1-2-5(3-4)7(6)23(36-24)11-16(29)20(33)22(35)21(34)17(11)30/h4-5H,1-3H2. The highest BCUT2D eigenvalue weighted by molar-refractivity contribution is 6.71. The molecule has 2 aliphatic rings. The van der Waals surface area contributed by atoms with Crippen LogP contribution < -0.4 is 60.1 Å². The molecule has 0 spiro atoms. The summed E-state index contributed by atoms with van der Waals surface area (Å²) < 4.78 is 0. The minimum Gasteiger partial charge on any atom is -0.247 e. The van der Waals surface area contributed by atoms with Crippen molar-refractivity contribution in [3.8, 4) is 11.3 Å². The largest absolute Gasteiger partial charge is 0.247 e. The fourth-order valence-electron chi connectivity index (χ4n) is 6.33. The van der Waals surface area contributed by atoms with Gasteiger partial charge in [0.15, 0.2) is 0 Å². The summed E-state index contributed by atoms with van der Waals surface area (Å²) in [4.78, 5) is 5.09. The number of nitrogens with zero attached hydrogens (tertiary/aromatic N) is 1. The fourth-order valence-corrected chi connectivity index (χ4v) is 6.33. The Kier molecular flexibility index (Phi) is 5.43. The molecule has 22 radical (unpaired) electrons. The number of aromatic nitrogens is 1. The van der Waals surface area contributed by atoms with Crippen molar-refractivity contribution in [3.05, 3.63) is 11.1 Å². The van der Waals surface area contributed by atoms with Crippen LogP contribution in [0.2, 0.25) is 0 Å². The van der Waals surface area contributed by atoms with Gasteiger partial charge in [-0.15, -0.1) is 27.3 Å². The van der Waals surface area contributed by atoms with E-state index in [2.05, 4.69) is 0 Å². The molecule has 12 heteroatoms. The predicted molar refractivity (Wildman–Crippen MR) is 163 cm³/mol. The van der Waals surface area contributed by atoms with Gasteiger partial charge in [-0.25, -0.2) is 4.98 Å². The number of rotatable bonds is 1. The zero-order valence-electron chi connectivity index (χ0n) is 19.6. The second-order valence-electron chi connectivity index (χ2n) is 9.89. The van der Waals surface area contributed by atoms with E-state index in [1.807, 2.05) is 0 Å². The molecule has 2 unspecified atom stereocenters. The van der Waals surface area contributed by atoms with Crippen LogP contribution in [0.5, 0.6) is 0 Å². The summed E-state index contributed by atoms with van der Waals surface area (Å²) in [7, 11) is 69.9. The summed E-state index contributed by atoms with van der Waals surface area (Å²) in [6.07, 6.45) is 2.95. The predicted octanol–water partition coefficient (Wildman–Crippen LogP) is -6.85. The molecule has 1 heterocycles. The van der Waals surface area contributed by atoms with Crippen molar-refractivity contribution in [2.75, 3.05) is 0 Å². The smallest absolute Gasteiger partial charge is 0.113 e.